The molecule has 1 aromatic rings. The van der Waals surface area contributed by atoms with Crippen molar-refractivity contribution in [3.05, 3.63) is 35.9 Å². The number of rotatable bonds is 6. The minimum atomic E-state index is -4.07. The molecule has 1 atom stereocenters. The molecule has 0 bridgehead atoms. The molecule has 0 fully saturated rings. The minimum Gasteiger partial charge on any atom is -0.315 e. The van der Waals surface area contributed by atoms with Gasteiger partial charge in [0, 0.05) is 13.0 Å². The summed E-state index contributed by atoms with van der Waals surface area (Å²) in [6.45, 7) is 0.805. The maximum absolute atomic E-state index is 11.9. The van der Waals surface area contributed by atoms with Crippen LogP contribution in [-0.2, 0) is 0 Å². The number of hydrogen-bond donors (Lipinski definition) is 1. The van der Waals surface area contributed by atoms with Crippen LogP contribution in [0, 0.1) is 0 Å². The van der Waals surface area contributed by atoms with E-state index in [9.17, 15) is 13.2 Å². The van der Waals surface area contributed by atoms with Crippen molar-refractivity contribution in [2.75, 3.05) is 13.1 Å². The van der Waals surface area contributed by atoms with Crippen molar-refractivity contribution >= 4 is 11.6 Å². The van der Waals surface area contributed by atoms with Crippen LogP contribution in [0.2, 0.25) is 0 Å². The van der Waals surface area contributed by atoms with Gasteiger partial charge in [0.25, 0.3) is 0 Å². The molecule has 0 saturated carbocycles. The van der Waals surface area contributed by atoms with Crippen LogP contribution < -0.4 is 5.32 Å². The van der Waals surface area contributed by atoms with Gasteiger partial charge in [-0.05, 0) is 18.5 Å². The molecule has 0 saturated heterocycles. The molecule has 17 heavy (non-hydrogen) atoms. The molecule has 0 radical (unpaired) electrons. The second kappa shape index (κ2) is 6.87. The standard InChI is InChI=1S/C12H15ClF3N/c13-11(10-5-2-1-3-6-10)9-17-8-4-7-12(14,15)16/h1-3,5-6,11,17H,4,7-9H2. The Balaban J connectivity index is 2.15. The largest absolute Gasteiger partial charge is 0.389 e. The summed E-state index contributed by atoms with van der Waals surface area (Å²) in [4.78, 5) is 0. The number of benzene rings is 1. The summed E-state index contributed by atoms with van der Waals surface area (Å²) in [7, 11) is 0. The van der Waals surface area contributed by atoms with Gasteiger partial charge in [0.1, 0.15) is 0 Å². The van der Waals surface area contributed by atoms with Crippen molar-refractivity contribution in [3.8, 4) is 0 Å². The normalized spacial score (nSPS) is 13.6. The highest BCUT2D eigenvalue weighted by Crippen LogP contribution is 2.21. The highest BCUT2D eigenvalue weighted by molar-refractivity contribution is 6.21. The monoisotopic (exact) mass is 265 g/mol. The third-order valence-corrected chi connectivity index (χ3v) is 2.70. The molecule has 1 unspecified atom stereocenters. The fourth-order valence-corrected chi connectivity index (χ4v) is 1.68. The van der Waals surface area contributed by atoms with Crippen LogP contribution in [0.5, 0.6) is 0 Å². The average Bonchev–Trinajstić information content (AvgIpc) is 2.28. The Kier molecular flexibility index (Phi) is 5.78. The number of hydrogen-bond acceptors (Lipinski definition) is 1. The smallest absolute Gasteiger partial charge is 0.315 e. The summed E-state index contributed by atoms with van der Waals surface area (Å²) < 4.78 is 35.6. The Morgan fingerprint density at radius 3 is 2.41 bits per heavy atom. The van der Waals surface area contributed by atoms with Gasteiger partial charge in [-0.25, -0.2) is 0 Å². The van der Waals surface area contributed by atoms with Crippen LogP contribution >= 0.6 is 11.6 Å². The Hall–Kier alpha value is -0.740. The van der Waals surface area contributed by atoms with Crippen molar-refractivity contribution in [2.24, 2.45) is 0 Å². The van der Waals surface area contributed by atoms with E-state index in [1.807, 2.05) is 30.3 Å². The summed E-state index contributed by atoms with van der Waals surface area (Å²) in [5, 5.41) is 2.72. The molecule has 0 spiro atoms. The summed E-state index contributed by atoms with van der Waals surface area (Å²) in [6.07, 6.45) is -4.73. The van der Waals surface area contributed by atoms with E-state index in [-0.39, 0.29) is 11.8 Å². The van der Waals surface area contributed by atoms with E-state index >= 15 is 0 Å². The van der Waals surface area contributed by atoms with Crippen molar-refractivity contribution in [3.63, 3.8) is 0 Å². The van der Waals surface area contributed by atoms with E-state index in [0.717, 1.165) is 5.56 Å². The maximum atomic E-state index is 11.9. The van der Waals surface area contributed by atoms with Gasteiger partial charge in [0.15, 0.2) is 0 Å². The van der Waals surface area contributed by atoms with Gasteiger partial charge in [-0.1, -0.05) is 30.3 Å². The lowest BCUT2D eigenvalue weighted by atomic mass is 10.1. The van der Waals surface area contributed by atoms with Crippen LogP contribution in [0.15, 0.2) is 30.3 Å². The molecule has 1 N–H and O–H groups in total. The molecular weight excluding hydrogens is 251 g/mol. The lowest BCUT2D eigenvalue weighted by molar-refractivity contribution is -0.135. The molecule has 5 heteroatoms. The van der Waals surface area contributed by atoms with Crippen molar-refractivity contribution in [1.29, 1.82) is 0 Å². The zero-order valence-electron chi connectivity index (χ0n) is 9.30. The predicted molar refractivity (Wildman–Crippen MR) is 63.2 cm³/mol. The summed E-state index contributed by atoms with van der Waals surface area (Å²) in [5.74, 6) is 0. The highest BCUT2D eigenvalue weighted by Gasteiger charge is 2.25. The van der Waals surface area contributed by atoms with Crippen molar-refractivity contribution in [2.45, 2.75) is 24.4 Å². The number of halogens is 4. The third kappa shape index (κ3) is 6.54. The molecule has 0 aromatic heterocycles. The minimum absolute atomic E-state index is 0.0852. The SMILES string of the molecule is FC(F)(F)CCCNCC(Cl)c1ccccc1. The first kappa shape index (κ1) is 14.3. The van der Waals surface area contributed by atoms with Gasteiger partial charge in [-0.15, -0.1) is 11.6 Å². The topological polar surface area (TPSA) is 12.0 Å². The fourth-order valence-electron chi connectivity index (χ4n) is 1.42. The average molecular weight is 266 g/mol. The Bertz CT molecular complexity index is 313. The van der Waals surface area contributed by atoms with Gasteiger partial charge in [-0.3, -0.25) is 0 Å². The van der Waals surface area contributed by atoms with Crippen LogP contribution in [0.1, 0.15) is 23.8 Å². The molecule has 0 heterocycles. The van der Waals surface area contributed by atoms with Crippen LogP contribution in [0.25, 0.3) is 0 Å². The molecule has 0 amide bonds. The first-order valence-electron chi connectivity index (χ1n) is 5.45. The van der Waals surface area contributed by atoms with E-state index in [2.05, 4.69) is 5.32 Å². The predicted octanol–water partition coefficient (Wildman–Crippen LogP) is 3.90. The van der Waals surface area contributed by atoms with E-state index < -0.39 is 12.6 Å². The molecule has 0 aliphatic heterocycles. The van der Waals surface area contributed by atoms with Crippen LogP contribution in [-0.4, -0.2) is 19.3 Å². The molecule has 96 valence electrons. The lowest BCUT2D eigenvalue weighted by Gasteiger charge is -2.11. The van der Waals surface area contributed by atoms with E-state index in [1.54, 1.807) is 0 Å². The summed E-state index contributed by atoms with van der Waals surface area (Å²) in [5.41, 5.74) is 0.970. The van der Waals surface area contributed by atoms with Gasteiger partial charge in [0.05, 0.1) is 5.38 Å². The second-order valence-electron chi connectivity index (χ2n) is 3.80. The molecule has 1 nitrogen and oxygen atoms in total. The maximum Gasteiger partial charge on any atom is 0.389 e. The lowest BCUT2D eigenvalue weighted by Crippen LogP contribution is -2.21. The van der Waals surface area contributed by atoms with Gasteiger partial charge >= 0.3 is 6.18 Å². The Morgan fingerprint density at radius 1 is 1.18 bits per heavy atom. The first-order valence-corrected chi connectivity index (χ1v) is 5.89. The number of nitrogens with one attached hydrogen (secondary N) is 1. The van der Waals surface area contributed by atoms with E-state index in [4.69, 9.17) is 11.6 Å². The van der Waals surface area contributed by atoms with Crippen LogP contribution in [0.4, 0.5) is 13.2 Å². The Morgan fingerprint density at radius 2 is 1.82 bits per heavy atom. The van der Waals surface area contributed by atoms with Crippen molar-refractivity contribution in [1.82, 2.24) is 5.32 Å². The quantitative estimate of drug-likeness (QED) is 0.608. The van der Waals surface area contributed by atoms with Gasteiger partial charge in [-0.2, -0.15) is 13.2 Å². The van der Waals surface area contributed by atoms with E-state index in [0.29, 0.717) is 13.1 Å². The van der Waals surface area contributed by atoms with E-state index in [1.165, 1.54) is 0 Å². The van der Waals surface area contributed by atoms with Crippen LogP contribution in [0.3, 0.4) is 0 Å². The molecule has 0 aliphatic carbocycles. The summed E-state index contributed by atoms with van der Waals surface area (Å²) >= 11 is 6.09. The molecule has 0 aliphatic rings. The summed E-state index contributed by atoms with van der Waals surface area (Å²) in [6, 6.07) is 9.46. The molecular formula is C12H15ClF3N. The second-order valence-corrected chi connectivity index (χ2v) is 4.33. The van der Waals surface area contributed by atoms with Crippen molar-refractivity contribution < 1.29 is 13.2 Å². The molecule has 1 rings (SSSR count). The highest BCUT2D eigenvalue weighted by atomic mass is 35.5. The number of alkyl halides is 4. The zero-order chi connectivity index (χ0) is 12.7. The van der Waals surface area contributed by atoms with Gasteiger partial charge in [0.2, 0.25) is 0 Å². The van der Waals surface area contributed by atoms with Gasteiger partial charge < -0.3 is 5.32 Å². The Labute approximate surface area is 104 Å². The zero-order valence-corrected chi connectivity index (χ0v) is 10.1. The first-order chi connectivity index (χ1) is 7.99. The fraction of sp³-hybridized carbons (Fsp3) is 0.500. The molecule has 1 aromatic carbocycles. The third-order valence-electron chi connectivity index (χ3n) is 2.30.